The first kappa shape index (κ1) is 57.4. The number of hydrogen-bond acceptors (Lipinski definition) is 17. The average Bonchev–Trinajstić information content (AvgIpc) is 4.01. The molecular weight excluding hydrogens is 1050 g/mol. The van der Waals surface area contributed by atoms with E-state index in [0.29, 0.717) is 122 Å². The Morgan fingerprint density at radius 1 is 0.718 bits per heavy atom. The Morgan fingerprint density at radius 3 is 1.89 bits per heavy atom. The molecule has 0 aliphatic carbocycles. The highest BCUT2D eigenvalue weighted by molar-refractivity contribution is 14.1. The molecule has 400 valence electrons. The Balaban J connectivity index is 0.767. The van der Waals surface area contributed by atoms with Crippen molar-refractivity contribution in [2.24, 2.45) is 0 Å². The van der Waals surface area contributed by atoms with Crippen molar-refractivity contribution in [3.8, 4) is 0 Å². The van der Waals surface area contributed by atoms with Crippen LogP contribution in [0.25, 0.3) is 5.65 Å². The topological polar surface area (TPSA) is 192 Å². The molecule has 0 unspecified atom stereocenters. The zero-order valence-corrected chi connectivity index (χ0v) is 45.3. The van der Waals surface area contributed by atoms with Gasteiger partial charge in [0.2, 0.25) is 10.0 Å². The zero-order valence-electron chi connectivity index (χ0n) is 42.4. The zero-order chi connectivity index (χ0) is 50.1. The second kappa shape index (κ2) is 31.8. The monoisotopic (exact) mass is 1130 g/mol. The van der Waals surface area contributed by atoms with Crippen LogP contribution in [-0.4, -0.2) is 225 Å². The number of amides is 1. The lowest BCUT2D eigenvalue weighted by atomic mass is 9.97. The number of aromatic nitrogens is 3. The quantitative estimate of drug-likeness (QED) is 0.0491. The molecule has 1 aromatic carbocycles. The number of benzene rings is 1. The van der Waals surface area contributed by atoms with E-state index in [2.05, 4.69) is 54.3 Å². The Hall–Kier alpha value is -2.85. The maximum Gasteiger partial charge on any atom is 0.256 e. The minimum Gasteiger partial charge on any atom is -0.378 e. The molecule has 71 heavy (non-hydrogen) atoms. The molecular formula is C49H80IN9O11S. The normalized spacial score (nSPS) is 18.3. The number of ether oxygens (including phenoxy) is 8. The maximum absolute atomic E-state index is 14.1. The number of hydrogen-bond donors (Lipinski definition) is 2. The van der Waals surface area contributed by atoms with Crippen LogP contribution in [0.15, 0.2) is 30.5 Å². The minimum atomic E-state index is -3.57. The number of piperazine rings is 1. The van der Waals surface area contributed by atoms with Gasteiger partial charge in [-0.05, 0) is 71.2 Å². The van der Waals surface area contributed by atoms with Gasteiger partial charge in [-0.25, -0.2) is 17.9 Å². The number of likely N-dealkylation sites (tertiary alicyclic amines) is 1. The van der Waals surface area contributed by atoms with E-state index in [1.54, 1.807) is 18.2 Å². The first-order valence-electron chi connectivity index (χ1n) is 25.4. The third-order valence-electron chi connectivity index (χ3n) is 12.7. The van der Waals surface area contributed by atoms with E-state index >= 15 is 0 Å². The Kier molecular flexibility index (Phi) is 25.7. The number of nitrogens with one attached hydrogen (secondary N) is 2. The smallest absolute Gasteiger partial charge is 0.256 e. The summed E-state index contributed by atoms with van der Waals surface area (Å²) < 4.78 is 73.5. The molecule has 0 bridgehead atoms. The molecule has 2 atom stereocenters. The number of anilines is 2. The summed E-state index contributed by atoms with van der Waals surface area (Å²) in [6.07, 6.45) is 7.92. The third-order valence-corrected chi connectivity index (χ3v) is 13.7. The van der Waals surface area contributed by atoms with Crippen molar-refractivity contribution in [2.45, 2.75) is 58.0 Å². The molecule has 2 N–H and O–H groups in total. The lowest BCUT2D eigenvalue weighted by molar-refractivity contribution is -0.0228. The number of sulfonamides is 1. The number of halogens is 1. The highest BCUT2D eigenvalue weighted by atomic mass is 127. The van der Waals surface area contributed by atoms with Crippen molar-refractivity contribution in [3.05, 3.63) is 52.8 Å². The standard InChI is InChI=1S/C49H80IN9O11S/c1-40-8-9-44(54-71(3,61)62)43(35-40)49(60)58-13-5-4-7-46(58)45-36-47-52-48(41(2)37-59(47)53-45)57-14-10-42(38-57)51-11-6-12-55-15-17-56(18-16-55)19-20-63-21-22-64-23-24-65-25-26-66-27-28-67-29-30-68-31-32-69-33-34-70-39-50/h8-9,35-37,42,46,51,54H,4-7,10-34,38-39H2,1-3H3/t42-,46-/m0/s1. The van der Waals surface area contributed by atoms with Crippen molar-refractivity contribution in [2.75, 3.05) is 185 Å². The SMILES string of the molecule is Cc1ccc(NS(C)(=O)=O)c(C(=O)N2CCCC[C@H]2c2cc3nc(N4CC[C@H](NCCCN5CCN(CCOCCOCCOCCOCCOCCOCCOCCOCI)CC5)C4)c(C)cn3n2)c1. The van der Waals surface area contributed by atoms with Crippen LogP contribution in [0.3, 0.4) is 0 Å². The van der Waals surface area contributed by atoms with Gasteiger partial charge in [-0.15, -0.1) is 0 Å². The van der Waals surface area contributed by atoms with Crippen molar-refractivity contribution in [1.29, 1.82) is 0 Å². The first-order valence-corrected chi connectivity index (χ1v) is 28.9. The molecule has 0 saturated carbocycles. The molecule has 3 fully saturated rings. The van der Waals surface area contributed by atoms with Crippen LogP contribution in [0, 0.1) is 13.8 Å². The van der Waals surface area contributed by atoms with Gasteiger partial charge in [0.25, 0.3) is 5.91 Å². The molecule has 3 aliphatic rings. The average molecular weight is 1130 g/mol. The largest absolute Gasteiger partial charge is 0.378 e. The fourth-order valence-electron chi connectivity index (χ4n) is 9.02. The summed E-state index contributed by atoms with van der Waals surface area (Å²) in [7, 11) is -3.57. The Bertz CT molecular complexity index is 2120. The van der Waals surface area contributed by atoms with Gasteiger partial charge in [-0.3, -0.25) is 14.4 Å². The first-order chi connectivity index (χ1) is 34.6. The second-order valence-corrected chi connectivity index (χ2v) is 20.7. The lowest BCUT2D eigenvalue weighted by Crippen LogP contribution is -2.47. The van der Waals surface area contributed by atoms with E-state index in [9.17, 15) is 13.2 Å². The van der Waals surface area contributed by atoms with E-state index in [0.717, 1.165) is 126 Å². The number of rotatable bonds is 35. The van der Waals surface area contributed by atoms with E-state index < -0.39 is 10.0 Å². The van der Waals surface area contributed by atoms with Gasteiger partial charge in [0.15, 0.2) is 5.65 Å². The predicted molar refractivity (Wildman–Crippen MR) is 282 cm³/mol. The molecule has 3 saturated heterocycles. The number of carbonyl (C=O) groups excluding carboxylic acids is 1. The van der Waals surface area contributed by atoms with Gasteiger partial charge >= 0.3 is 0 Å². The summed E-state index contributed by atoms with van der Waals surface area (Å²) in [4.78, 5) is 28.5. The van der Waals surface area contributed by atoms with Crippen LogP contribution in [0.2, 0.25) is 0 Å². The number of piperidine rings is 1. The maximum atomic E-state index is 14.1. The molecule has 2 aromatic heterocycles. The number of nitrogens with zero attached hydrogens (tertiary/aromatic N) is 7. The summed E-state index contributed by atoms with van der Waals surface area (Å²) in [6.45, 7) is 22.0. The molecule has 0 spiro atoms. The van der Waals surface area contributed by atoms with Gasteiger partial charge in [0.05, 0.1) is 133 Å². The van der Waals surface area contributed by atoms with Gasteiger partial charge in [-0.1, -0.05) is 34.2 Å². The molecule has 20 nitrogen and oxygen atoms in total. The van der Waals surface area contributed by atoms with Gasteiger partial charge in [0.1, 0.15) is 5.82 Å². The summed E-state index contributed by atoms with van der Waals surface area (Å²) in [5.74, 6) is 0.767. The fourth-order valence-corrected chi connectivity index (χ4v) is 9.90. The van der Waals surface area contributed by atoms with E-state index in [1.165, 1.54) is 0 Å². The number of aryl methyl sites for hydroxylation is 2. The minimum absolute atomic E-state index is 0.206. The summed E-state index contributed by atoms with van der Waals surface area (Å²) >= 11 is 2.16. The Morgan fingerprint density at radius 2 is 1.30 bits per heavy atom. The van der Waals surface area contributed by atoms with E-state index in [1.807, 2.05) is 28.6 Å². The lowest BCUT2D eigenvalue weighted by Gasteiger charge is -2.35. The number of fused-ring (bicyclic) bond motifs is 1. The highest BCUT2D eigenvalue weighted by Crippen LogP contribution is 2.34. The third kappa shape index (κ3) is 20.4. The van der Waals surface area contributed by atoms with Crippen LogP contribution in [0.1, 0.15) is 65.3 Å². The summed E-state index contributed by atoms with van der Waals surface area (Å²) in [5, 5.41) is 8.75. The van der Waals surface area contributed by atoms with Crippen LogP contribution < -0.4 is 14.9 Å². The van der Waals surface area contributed by atoms with Gasteiger partial charge in [-0.2, -0.15) is 5.10 Å². The summed E-state index contributed by atoms with van der Waals surface area (Å²) in [5.41, 5.74) is 4.11. The number of alkyl halides is 1. The van der Waals surface area contributed by atoms with Gasteiger partial charge < -0.3 is 57.9 Å². The molecule has 22 heteroatoms. The van der Waals surface area contributed by atoms with Crippen molar-refractivity contribution in [1.82, 2.24) is 34.6 Å². The van der Waals surface area contributed by atoms with Crippen molar-refractivity contribution >= 4 is 55.7 Å². The fraction of sp³-hybridized carbons (Fsp3) is 0.735. The summed E-state index contributed by atoms with van der Waals surface area (Å²) in [6, 6.07) is 7.38. The van der Waals surface area contributed by atoms with Crippen molar-refractivity contribution < 1.29 is 51.1 Å². The molecule has 3 aromatic rings. The predicted octanol–water partition coefficient (Wildman–Crippen LogP) is 3.79. The molecule has 5 heterocycles. The molecule has 0 radical (unpaired) electrons. The van der Waals surface area contributed by atoms with Crippen LogP contribution in [0.5, 0.6) is 0 Å². The highest BCUT2D eigenvalue weighted by Gasteiger charge is 2.33. The van der Waals surface area contributed by atoms with Crippen LogP contribution in [-0.2, 0) is 47.9 Å². The van der Waals surface area contributed by atoms with E-state index in [4.69, 9.17) is 48.0 Å². The van der Waals surface area contributed by atoms with Crippen LogP contribution >= 0.6 is 22.6 Å². The molecule has 6 rings (SSSR count). The van der Waals surface area contributed by atoms with E-state index in [-0.39, 0.29) is 17.6 Å². The van der Waals surface area contributed by atoms with Crippen molar-refractivity contribution in [3.63, 3.8) is 0 Å². The molecule has 3 aliphatic heterocycles. The molecule has 1 amide bonds. The van der Waals surface area contributed by atoms with Gasteiger partial charge in [0, 0.05) is 76.2 Å². The second-order valence-electron chi connectivity index (χ2n) is 18.3. The Labute approximate surface area is 435 Å². The number of carbonyl (C=O) groups is 1. The van der Waals surface area contributed by atoms with Crippen LogP contribution in [0.4, 0.5) is 11.5 Å².